The van der Waals surface area contributed by atoms with E-state index < -0.39 is 5.97 Å². The predicted molar refractivity (Wildman–Crippen MR) is 74.6 cm³/mol. The number of carboxylic acids is 1. The number of alkyl halides is 1. The second-order valence-electron chi connectivity index (χ2n) is 5.01. The lowest BCUT2D eigenvalue weighted by molar-refractivity contribution is -0.868. The molecule has 3 N–H and O–H groups in total. The topological polar surface area (TPSA) is 75.8 Å². The van der Waals surface area contributed by atoms with E-state index in [0.29, 0.717) is 0 Å². The zero-order chi connectivity index (χ0) is 14.9. The van der Waals surface area contributed by atoms with E-state index in [4.69, 9.17) is 27.2 Å². The van der Waals surface area contributed by atoms with Crippen LogP contribution < -0.4 is 18.1 Å². The molecular weight excluding hydrogens is 291 g/mol. The number of carbonyl (C=O) groups is 1. The third kappa shape index (κ3) is 23.2. The van der Waals surface area contributed by atoms with Gasteiger partial charge in [-0.05, 0) is 13.8 Å². The fourth-order valence-corrected chi connectivity index (χ4v) is 0.385. The number of aliphatic carboxylic acids is 1. The van der Waals surface area contributed by atoms with Crippen molar-refractivity contribution in [2.45, 2.75) is 25.5 Å². The Morgan fingerprint density at radius 2 is 1.84 bits per heavy atom. The molecule has 0 saturated carbocycles. The molecule has 0 aromatic heterocycles. The summed E-state index contributed by atoms with van der Waals surface area (Å²) in [5.41, 5.74) is 5.03. The first kappa shape index (κ1) is 23.7. The van der Waals surface area contributed by atoms with Gasteiger partial charge in [-0.1, -0.05) is 6.58 Å². The third-order valence-corrected chi connectivity index (χ3v) is 2.31. The summed E-state index contributed by atoms with van der Waals surface area (Å²) in [5.74, 6) is -0.935. The second-order valence-corrected chi connectivity index (χ2v) is 5.51. The fourth-order valence-electron chi connectivity index (χ4n) is 0.239. The maximum absolute atomic E-state index is 9.60. The number of quaternary nitrogens is 1. The highest BCUT2D eigenvalue weighted by atomic mass is 35.5. The molecular formula is C12H26Cl2N2O3. The van der Waals surface area contributed by atoms with Gasteiger partial charge in [-0.15, -0.1) is 11.6 Å². The molecule has 1 saturated heterocycles. The summed E-state index contributed by atoms with van der Waals surface area (Å²) in [7, 11) is 6.54. The van der Waals surface area contributed by atoms with Crippen molar-refractivity contribution in [1.82, 2.24) is 0 Å². The molecule has 1 rings (SSSR count). The van der Waals surface area contributed by atoms with E-state index in [1.165, 1.54) is 13.5 Å². The van der Waals surface area contributed by atoms with Gasteiger partial charge >= 0.3 is 5.97 Å². The van der Waals surface area contributed by atoms with Crippen LogP contribution in [-0.4, -0.2) is 61.5 Å². The Balaban J connectivity index is -0.000000197. The van der Waals surface area contributed by atoms with Crippen LogP contribution >= 0.6 is 11.6 Å². The highest BCUT2D eigenvalue weighted by Gasteiger charge is 2.27. The molecule has 1 fully saturated rings. The standard InChI is InChI=1S/C5H14N.C4H6O2.C3H6ClNO.ClH/c1-5-6(2,3)4;1-3(2)4(5)6;4-3(5)2-1-6-2;/h5H2,1-4H3;1H2,2H3,(H,5,6);2-3H,1,5H2;1H/q+1;;;/p-1. The molecule has 1 aliphatic rings. The minimum absolute atomic E-state index is 0. The van der Waals surface area contributed by atoms with Gasteiger partial charge in [0.15, 0.2) is 0 Å². The van der Waals surface area contributed by atoms with Crippen LogP contribution in [-0.2, 0) is 9.53 Å². The van der Waals surface area contributed by atoms with Gasteiger partial charge in [0.05, 0.1) is 34.3 Å². The number of nitrogens with zero attached hydrogens (tertiary/aromatic N) is 1. The lowest BCUT2D eigenvalue weighted by Crippen LogP contribution is -3.00. The smallest absolute Gasteiger partial charge is 0.330 e. The molecule has 0 aliphatic carbocycles. The highest BCUT2D eigenvalue weighted by molar-refractivity contribution is 6.20. The number of hydrogen-bond acceptors (Lipinski definition) is 3. The zero-order valence-corrected chi connectivity index (χ0v) is 13.8. The van der Waals surface area contributed by atoms with Crippen molar-refractivity contribution in [3.8, 4) is 0 Å². The Labute approximate surface area is 127 Å². The normalized spacial score (nSPS) is 17.5. The van der Waals surface area contributed by atoms with Gasteiger partial charge < -0.3 is 32.5 Å². The largest absolute Gasteiger partial charge is 1.00 e. The van der Waals surface area contributed by atoms with E-state index in [1.54, 1.807) is 0 Å². The van der Waals surface area contributed by atoms with Crippen LogP contribution in [0.4, 0.5) is 0 Å². The van der Waals surface area contributed by atoms with Gasteiger partial charge in [0.1, 0.15) is 11.6 Å². The number of nitrogens with two attached hydrogens (primary N) is 1. The summed E-state index contributed by atoms with van der Waals surface area (Å²) in [5, 5.41) is 7.89. The Morgan fingerprint density at radius 3 is 1.84 bits per heavy atom. The maximum Gasteiger partial charge on any atom is 0.330 e. The lowest BCUT2D eigenvalue weighted by Gasteiger charge is -2.20. The first-order chi connectivity index (χ1) is 8.01. The van der Waals surface area contributed by atoms with Crippen molar-refractivity contribution in [2.75, 3.05) is 34.3 Å². The summed E-state index contributed by atoms with van der Waals surface area (Å²) in [6, 6.07) is 0. The summed E-state index contributed by atoms with van der Waals surface area (Å²) in [6.07, 6.45) is 0.145. The molecule has 0 radical (unpaired) electrons. The van der Waals surface area contributed by atoms with E-state index in [0.717, 1.165) is 11.1 Å². The molecule has 5 nitrogen and oxygen atoms in total. The molecule has 116 valence electrons. The minimum Gasteiger partial charge on any atom is -1.00 e. The fraction of sp³-hybridized carbons (Fsp3) is 0.750. The molecule has 0 aromatic carbocycles. The van der Waals surface area contributed by atoms with Gasteiger partial charge in [-0.3, -0.25) is 0 Å². The van der Waals surface area contributed by atoms with Crippen LogP contribution in [0.3, 0.4) is 0 Å². The number of rotatable bonds is 3. The van der Waals surface area contributed by atoms with E-state index >= 15 is 0 Å². The number of ether oxygens (including phenoxy) is 1. The summed E-state index contributed by atoms with van der Waals surface area (Å²) in [6.45, 7) is 8.73. The number of epoxide rings is 1. The van der Waals surface area contributed by atoms with Crippen LogP contribution in [0.25, 0.3) is 0 Å². The van der Waals surface area contributed by atoms with Gasteiger partial charge in [-0.25, -0.2) is 4.79 Å². The Bertz CT molecular complexity index is 250. The van der Waals surface area contributed by atoms with Crippen LogP contribution in [0.5, 0.6) is 0 Å². The van der Waals surface area contributed by atoms with E-state index in [9.17, 15) is 4.79 Å². The number of hydrogen-bond donors (Lipinski definition) is 2. The SMILES string of the molecule is C=C(C)C(=O)O.CC[N+](C)(C)C.NC(Cl)C1CO1.[Cl-]. The van der Waals surface area contributed by atoms with Crippen LogP contribution in [0.2, 0.25) is 0 Å². The Kier molecular flexibility index (Phi) is 14.4. The van der Waals surface area contributed by atoms with E-state index in [2.05, 4.69) is 34.6 Å². The summed E-state index contributed by atoms with van der Waals surface area (Å²) >= 11 is 5.33. The molecule has 0 spiro atoms. The summed E-state index contributed by atoms with van der Waals surface area (Å²) < 4.78 is 5.78. The first-order valence-electron chi connectivity index (χ1n) is 5.71. The molecule has 0 amide bonds. The average molecular weight is 317 g/mol. The molecule has 2 unspecified atom stereocenters. The minimum atomic E-state index is -0.935. The van der Waals surface area contributed by atoms with Crippen molar-refractivity contribution in [2.24, 2.45) is 5.73 Å². The number of carboxylic acid groups (broad SMARTS) is 1. The Morgan fingerprint density at radius 1 is 1.58 bits per heavy atom. The molecule has 1 heterocycles. The number of halogens is 2. The van der Waals surface area contributed by atoms with Crippen molar-refractivity contribution in [3.05, 3.63) is 12.2 Å². The molecule has 1 aliphatic heterocycles. The molecule has 0 bridgehead atoms. The van der Waals surface area contributed by atoms with Gasteiger partial charge in [0, 0.05) is 5.57 Å². The van der Waals surface area contributed by atoms with Crippen molar-refractivity contribution in [1.29, 1.82) is 0 Å². The third-order valence-electron chi connectivity index (χ3n) is 2.03. The predicted octanol–water partition coefficient (Wildman–Crippen LogP) is -1.73. The molecule has 7 heteroatoms. The van der Waals surface area contributed by atoms with Crippen LogP contribution in [0, 0.1) is 0 Å². The Hall–Kier alpha value is -0.330. The first-order valence-corrected chi connectivity index (χ1v) is 6.15. The van der Waals surface area contributed by atoms with Crippen LogP contribution in [0.15, 0.2) is 12.2 Å². The lowest BCUT2D eigenvalue weighted by atomic mass is 10.4. The van der Waals surface area contributed by atoms with Crippen LogP contribution in [0.1, 0.15) is 13.8 Å². The van der Waals surface area contributed by atoms with E-state index in [1.807, 2.05) is 0 Å². The van der Waals surface area contributed by atoms with Gasteiger partial charge in [0.2, 0.25) is 0 Å². The maximum atomic E-state index is 9.60. The quantitative estimate of drug-likeness (QED) is 0.213. The molecule has 2 atom stereocenters. The van der Waals surface area contributed by atoms with Crippen molar-refractivity contribution >= 4 is 17.6 Å². The van der Waals surface area contributed by atoms with Gasteiger partial charge in [-0.2, -0.15) is 0 Å². The van der Waals surface area contributed by atoms with E-state index in [-0.39, 0.29) is 29.6 Å². The highest BCUT2D eigenvalue weighted by Crippen LogP contribution is 2.13. The average Bonchev–Trinajstić information content (AvgIpc) is 3.01. The molecule has 0 aromatic rings. The summed E-state index contributed by atoms with van der Waals surface area (Å²) in [4.78, 5) is 9.60. The molecule has 19 heavy (non-hydrogen) atoms. The second kappa shape index (κ2) is 11.5. The van der Waals surface area contributed by atoms with Crippen molar-refractivity contribution < 1.29 is 31.5 Å². The van der Waals surface area contributed by atoms with Gasteiger partial charge in [0.25, 0.3) is 0 Å². The zero-order valence-electron chi connectivity index (χ0n) is 12.3. The van der Waals surface area contributed by atoms with Crippen molar-refractivity contribution in [3.63, 3.8) is 0 Å². The monoisotopic (exact) mass is 316 g/mol.